The van der Waals surface area contributed by atoms with Gasteiger partial charge in [-0.15, -0.1) is 11.6 Å². The monoisotopic (exact) mass is 275 g/mol. The molecule has 0 aromatic carbocycles. The van der Waals surface area contributed by atoms with E-state index in [1.165, 1.54) is 38.5 Å². The van der Waals surface area contributed by atoms with Gasteiger partial charge in [-0.25, -0.2) is 0 Å². The largest absolute Gasteiger partial charge is 0.351 e. The highest BCUT2D eigenvalue weighted by atomic mass is 35.5. The zero-order valence-corrected chi connectivity index (χ0v) is 13.1. The lowest BCUT2D eigenvalue weighted by Crippen LogP contribution is -2.43. The minimum Gasteiger partial charge on any atom is -0.351 e. The molecule has 0 aliphatic heterocycles. The van der Waals surface area contributed by atoms with Gasteiger partial charge in [0, 0.05) is 17.8 Å². The normalized spacial score (nSPS) is 11.6. The molecule has 1 amide bonds. The lowest BCUT2D eigenvalue weighted by Gasteiger charge is -2.25. The number of hydrogen-bond donors (Lipinski definition) is 1. The van der Waals surface area contributed by atoms with Crippen molar-refractivity contribution in [1.29, 1.82) is 0 Å². The number of nitrogens with one attached hydrogen (secondary N) is 1. The number of rotatable bonds is 11. The van der Waals surface area contributed by atoms with Crippen LogP contribution in [0.2, 0.25) is 0 Å². The topological polar surface area (TPSA) is 29.1 Å². The van der Waals surface area contributed by atoms with Crippen LogP contribution in [-0.2, 0) is 4.79 Å². The van der Waals surface area contributed by atoms with Crippen molar-refractivity contribution in [2.45, 2.75) is 84.1 Å². The molecule has 0 heterocycles. The SMILES string of the molecule is CCCCCCCCCC(=O)NC(C)(C)CCCl. The molecule has 0 aliphatic carbocycles. The molecule has 0 aromatic heterocycles. The molecule has 0 aliphatic rings. The van der Waals surface area contributed by atoms with Crippen LogP contribution in [0.15, 0.2) is 0 Å². The minimum absolute atomic E-state index is 0.165. The molecule has 0 radical (unpaired) electrons. The average molecular weight is 276 g/mol. The Morgan fingerprint density at radius 2 is 1.61 bits per heavy atom. The van der Waals surface area contributed by atoms with Crippen LogP contribution in [0.25, 0.3) is 0 Å². The van der Waals surface area contributed by atoms with Gasteiger partial charge < -0.3 is 5.32 Å². The Kier molecular flexibility index (Phi) is 10.5. The summed E-state index contributed by atoms with van der Waals surface area (Å²) in [6.07, 6.45) is 10.2. The van der Waals surface area contributed by atoms with Gasteiger partial charge in [0.15, 0.2) is 0 Å². The maximum absolute atomic E-state index is 11.7. The fraction of sp³-hybridized carbons (Fsp3) is 0.933. The number of hydrogen-bond acceptors (Lipinski definition) is 1. The summed E-state index contributed by atoms with van der Waals surface area (Å²) in [6, 6.07) is 0. The van der Waals surface area contributed by atoms with Gasteiger partial charge in [-0.3, -0.25) is 4.79 Å². The molecule has 3 heteroatoms. The summed E-state index contributed by atoms with van der Waals surface area (Å²) >= 11 is 5.71. The maximum Gasteiger partial charge on any atom is 0.220 e. The molecule has 0 spiro atoms. The first-order valence-electron chi connectivity index (χ1n) is 7.39. The molecule has 0 saturated heterocycles. The fourth-order valence-corrected chi connectivity index (χ4v) is 2.45. The lowest BCUT2D eigenvalue weighted by atomic mass is 10.0. The van der Waals surface area contributed by atoms with E-state index in [-0.39, 0.29) is 11.4 Å². The third kappa shape index (κ3) is 10.9. The summed E-state index contributed by atoms with van der Waals surface area (Å²) < 4.78 is 0. The van der Waals surface area contributed by atoms with Crippen LogP contribution < -0.4 is 5.32 Å². The number of carbonyl (C=O) groups is 1. The Hall–Kier alpha value is -0.240. The van der Waals surface area contributed by atoms with Gasteiger partial charge in [-0.2, -0.15) is 0 Å². The van der Waals surface area contributed by atoms with E-state index in [0.717, 1.165) is 12.8 Å². The fourth-order valence-electron chi connectivity index (χ4n) is 1.98. The van der Waals surface area contributed by atoms with Gasteiger partial charge in [0.2, 0.25) is 5.91 Å². The molecule has 0 aromatic rings. The first kappa shape index (κ1) is 17.8. The second kappa shape index (κ2) is 10.7. The van der Waals surface area contributed by atoms with Crippen molar-refractivity contribution in [2.24, 2.45) is 0 Å². The summed E-state index contributed by atoms with van der Waals surface area (Å²) in [7, 11) is 0. The number of halogens is 1. The van der Waals surface area contributed by atoms with Crippen LogP contribution >= 0.6 is 11.6 Å². The third-order valence-electron chi connectivity index (χ3n) is 3.20. The zero-order chi connectivity index (χ0) is 13.9. The Balaban J connectivity index is 3.48. The molecule has 108 valence electrons. The third-order valence-corrected chi connectivity index (χ3v) is 3.39. The second-order valence-electron chi connectivity index (χ2n) is 5.74. The summed E-state index contributed by atoms with van der Waals surface area (Å²) in [4.78, 5) is 11.7. The molecule has 0 bridgehead atoms. The molecular formula is C15H30ClNO. The molecular weight excluding hydrogens is 246 g/mol. The van der Waals surface area contributed by atoms with Gasteiger partial charge in [-0.1, -0.05) is 45.4 Å². The van der Waals surface area contributed by atoms with E-state index >= 15 is 0 Å². The molecule has 0 rings (SSSR count). The Labute approximate surface area is 118 Å². The molecule has 0 saturated carbocycles. The van der Waals surface area contributed by atoms with E-state index < -0.39 is 0 Å². The number of unbranched alkanes of at least 4 members (excludes halogenated alkanes) is 6. The molecule has 18 heavy (non-hydrogen) atoms. The van der Waals surface area contributed by atoms with Crippen molar-refractivity contribution in [2.75, 3.05) is 5.88 Å². The van der Waals surface area contributed by atoms with Gasteiger partial charge in [-0.05, 0) is 26.7 Å². The van der Waals surface area contributed by atoms with Crippen molar-refractivity contribution in [3.05, 3.63) is 0 Å². The van der Waals surface area contributed by atoms with E-state index in [2.05, 4.69) is 12.2 Å². The summed E-state index contributed by atoms with van der Waals surface area (Å²) in [5.41, 5.74) is -0.167. The zero-order valence-electron chi connectivity index (χ0n) is 12.4. The number of alkyl halides is 1. The van der Waals surface area contributed by atoms with Crippen molar-refractivity contribution in [1.82, 2.24) is 5.32 Å². The predicted molar refractivity (Wildman–Crippen MR) is 80.2 cm³/mol. The van der Waals surface area contributed by atoms with Crippen molar-refractivity contribution < 1.29 is 4.79 Å². The average Bonchev–Trinajstić information content (AvgIpc) is 2.27. The number of carbonyl (C=O) groups excluding carboxylic acids is 1. The molecule has 0 fully saturated rings. The van der Waals surface area contributed by atoms with Gasteiger partial charge in [0.25, 0.3) is 0 Å². The maximum atomic E-state index is 11.7. The standard InChI is InChI=1S/C15H30ClNO/c1-4-5-6-7-8-9-10-11-14(18)17-15(2,3)12-13-16/h4-13H2,1-3H3,(H,17,18). The predicted octanol–water partition coefficient (Wildman–Crippen LogP) is 4.65. The molecule has 1 N–H and O–H groups in total. The van der Waals surface area contributed by atoms with E-state index in [1.807, 2.05) is 13.8 Å². The van der Waals surface area contributed by atoms with Gasteiger partial charge >= 0.3 is 0 Å². The second-order valence-corrected chi connectivity index (χ2v) is 6.12. The van der Waals surface area contributed by atoms with E-state index in [9.17, 15) is 4.79 Å². The van der Waals surface area contributed by atoms with Crippen LogP contribution in [0, 0.1) is 0 Å². The quantitative estimate of drug-likeness (QED) is 0.432. The van der Waals surface area contributed by atoms with Gasteiger partial charge in [0.1, 0.15) is 0 Å². The smallest absolute Gasteiger partial charge is 0.220 e. The van der Waals surface area contributed by atoms with E-state index in [0.29, 0.717) is 12.3 Å². The van der Waals surface area contributed by atoms with Gasteiger partial charge in [0.05, 0.1) is 0 Å². The minimum atomic E-state index is -0.167. The van der Waals surface area contributed by atoms with Crippen molar-refractivity contribution in [3.8, 4) is 0 Å². The highest BCUT2D eigenvalue weighted by Gasteiger charge is 2.18. The summed E-state index contributed by atoms with van der Waals surface area (Å²) in [5.74, 6) is 0.753. The highest BCUT2D eigenvalue weighted by Crippen LogP contribution is 2.11. The Bertz CT molecular complexity index is 217. The van der Waals surface area contributed by atoms with Crippen LogP contribution in [-0.4, -0.2) is 17.3 Å². The lowest BCUT2D eigenvalue weighted by molar-refractivity contribution is -0.122. The first-order valence-corrected chi connectivity index (χ1v) is 7.92. The van der Waals surface area contributed by atoms with Crippen LogP contribution in [0.1, 0.15) is 78.6 Å². The highest BCUT2D eigenvalue weighted by molar-refractivity contribution is 6.17. The van der Waals surface area contributed by atoms with Crippen molar-refractivity contribution in [3.63, 3.8) is 0 Å². The Morgan fingerprint density at radius 3 is 2.17 bits per heavy atom. The molecule has 0 atom stereocenters. The molecule has 2 nitrogen and oxygen atoms in total. The summed E-state index contributed by atoms with van der Waals surface area (Å²) in [6.45, 7) is 6.28. The first-order chi connectivity index (χ1) is 8.52. The molecule has 0 unspecified atom stereocenters. The summed E-state index contributed by atoms with van der Waals surface area (Å²) in [5, 5.41) is 3.05. The van der Waals surface area contributed by atoms with Crippen molar-refractivity contribution >= 4 is 17.5 Å². The Morgan fingerprint density at radius 1 is 1.06 bits per heavy atom. The number of amides is 1. The van der Waals surface area contributed by atoms with E-state index in [4.69, 9.17) is 11.6 Å². The van der Waals surface area contributed by atoms with Crippen LogP contribution in [0.3, 0.4) is 0 Å². The van der Waals surface area contributed by atoms with E-state index in [1.54, 1.807) is 0 Å². The van der Waals surface area contributed by atoms with Crippen LogP contribution in [0.5, 0.6) is 0 Å². The van der Waals surface area contributed by atoms with Crippen LogP contribution in [0.4, 0.5) is 0 Å².